The van der Waals surface area contributed by atoms with Crippen LogP contribution >= 0.6 is 0 Å². The van der Waals surface area contributed by atoms with Gasteiger partial charge in [-0.2, -0.15) is 0 Å². The van der Waals surface area contributed by atoms with Crippen LogP contribution in [0.4, 0.5) is 5.69 Å². The molecule has 9 heteroatoms. The molecule has 9 nitrogen and oxygen atoms in total. The van der Waals surface area contributed by atoms with Crippen LogP contribution in [0.2, 0.25) is 0 Å². The van der Waals surface area contributed by atoms with Gasteiger partial charge in [-0.05, 0) is 37.1 Å². The number of fused-ring (bicyclic) bond motifs is 3. The number of Topliss-reactive ketones (excluding diaryl/α,β-unsaturated/α-hetero) is 1. The minimum absolute atomic E-state index is 0.0659. The normalized spacial score (nSPS) is 26.7. The number of aliphatic hydroxyl groups excluding tert-OH is 1. The highest BCUT2D eigenvalue weighted by atomic mass is 16.6. The number of rotatable bonds is 3. The van der Waals surface area contributed by atoms with Gasteiger partial charge in [0.1, 0.15) is 19.0 Å². The molecule has 0 bridgehead atoms. The molecule has 2 aromatic carbocycles. The molecule has 0 aromatic heterocycles. The number of benzene rings is 2. The average molecular weight is 476 g/mol. The highest BCUT2D eigenvalue weighted by Gasteiger charge is 2.67. The van der Waals surface area contributed by atoms with Crippen LogP contribution in [-0.2, 0) is 24.7 Å². The molecule has 0 aliphatic carbocycles. The van der Waals surface area contributed by atoms with Crippen LogP contribution in [0.25, 0.3) is 5.76 Å². The van der Waals surface area contributed by atoms with Crippen LogP contribution in [0.15, 0.2) is 48.0 Å². The lowest BCUT2D eigenvalue weighted by Crippen LogP contribution is -2.53. The topological polar surface area (TPSA) is 106 Å². The number of likely N-dealkylation sites (N-methyl/N-ethyl adjacent to an activating group) is 1. The third-order valence-electron chi connectivity index (χ3n) is 7.17. The number of hydrogen-bond donors (Lipinski definition) is 1. The molecule has 2 amide bonds. The van der Waals surface area contributed by atoms with Gasteiger partial charge in [0.05, 0.1) is 11.7 Å². The predicted molar refractivity (Wildman–Crippen MR) is 124 cm³/mol. The molecule has 2 fully saturated rings. The molecule has 1 N–H and O–H groups in total. The van der Waals surface area contributed by atoms with Crippen LogP contribution in [0.5, 0.6) is 11.5 Å². The summed E-state index contributed by atoms with van der Waals surface area (Å²) in [6, 6.07) is 11.8. The van der Waals surface area contributed by atoms with Crippen molar-refractivity contribution in [2.24, 2.45) is 0 Å². The van der Waals surface area contributed by atoms with Crippen LogP contribution in [0, 0.1) is 0 Å². The zero-order valence-electron chi connectivity index (χ0n) is 19.2. The van der Waals surface area contributed by atoms with Crippen molar-refractivity contribution in [3.63, 3.8) is 0 Å². The van der Waals surface area contributed by atoms with Crippen molar-refractivity contribution in [3.05, 3.63) is 59.2 Å². The largest absolute Gasteiger partial charge is 0.507 e. The molecular formula is C26H24N2O7. The van der Waals surface area contributed by atoms with Crippen LogP contribution < -0.4 is 14.4 Å². The molecule has 2 atom stereocenters. The van der Waals surface area contributed by atoms with Gasteiger partial charge in [0.2, 0.25) is 0 Å². The summed E-state index contributed by atoms with van der Waals surface area (Å²) in [4.78, 5) is 43.7. The first-order valence-electron chi connectivity index (χ1n) is 11.6. The molecule has 2 saturated heterocycles. The van der Waals surface area contributed by atoms with Gasteiger partial charge in [0.25, 0.3) is 17.6 Å². The standard InChI is InChI=1S/C26H24N2O7/c1-27-18-7-3-2-6-17(18)26(25(27)32)21(23(30)24(31)28(26)14-16-5-4-10-33-16)22(29)15-8-9-19-20(13-15)35-12-11-34-19/h2-3,6-9,13,16,29H,4-5,10-12,14H2,1H3. The average Bonchev–Trinajstić information content (AvgIpc) is 3.54. The Labute approximate surface area is 201 Å². The van der Waals surface area contributed by atoms with E-state index in [1.165, 1.54) is 9.80 Å². The van der Waals surface area contributed by atoms with Crippen molar-refractivity contribution in [2.75, 3.05) is 38.3 Å². The van der Waals surface area contributed by atoms with Gasteiger partial charge in [-0.15, -0.1) is 0 Å². The molecular weight excluding hydrogens is 452 g/mol. The van der Waals surface area contributed by atoms with Crippen LogP contribution in [0.3, 0.4) is 0 Å². The summed E-state index contributed by atoms with van der Waals surface area (Å²) < 4.78 is 16.9. The number of hydrogen-bond acceptors (Lipinski definition) is 7. The fraction of sp³-hybridized carbons (Fsp3) is 0.346. The number of anilines is 1. The van der Waals surface area contributed by atoms with E-state index in [1.54, 1.807) is 49.5 Å². The zero-order chi connectivity index (χ0) is 24.3. The summed E-state index contributed by atoms with van der Waals surface area (Å²) in [7, 11) is 1.60. The first kappa shape index (κ1) is 21.7. The number of para-hydroxylation sites is 1. The Morgan fingerprint density at radius 3 is 2.60 bits per heavy atom. The number of ketones is 1. The second-order valence-corrected chi connectivity index (χ2v) is 9.05. The smallest absolute Gasteiger partial charge is 0.296 e. The summed E-state index contributed by atoms with van der Waals surface area (Å²) in [6.45, 7) is 1.38. The number of carbonyl (C=O) groups is 3. The number of nitrogens with zero attached hydrogens (tertiary/aromatic N) is 2. The van der Waals surface area contributed by atoms with Gasteiger partial charge >= 0.3 is 0 Å². The fourth-order valence-electron chi connectivity index (χ4n) is 5.55. The fourth-order valence-corrected chi connectivity index (χ4v) is 5.55. The Kier molecular flexibility index (Phi) is 4.86. The van der Waals surface area contributed by atoms with E-state index in [2.05, 4.69) is 0 Å². The summed E-state index contributed by atoms with van der Waals surface area (Å²) in [6.07, 6.45) is 1.25. The molecule has 35 heavy (non-hydrogen) atoms. The van der Waals surface area contributed by atoms with Gasteiger partial charge in [-0.1, -0.05) is 18.2 Å². The maximum absolute atomic E-state index is 14.0. The molecule has 0 saturated carbocycles. The summed E-state index contributed by atoms with van der Waals surface area (Å²) in [5, 5.41) is 11.5. The van der Waals surface area contributed by atoms with Gasteiger partial charge < -0.3 is 29.1 Å². The van der Waals surface area contributed by atoms with Crippen molar-refractivity contribution in [2.45, 2.75) is 24.5 Å². The monoisotopic (exact) mass is 476 g/mol. The van der Waals surface area contributed by atoms with Gasteiger partial charge in [0.15, 0.2) is 17.0 Å². The lowest BCUT2D eigenvalue weighted by atomic mass is 9.81. The molecule has 4 aliphatic heterocycles. The minimum atomic E-state index is -1.79. The van der Waals surface area contributed by atoms with E-state index in [4.69, 9.17) is 14.2 Å². The third kappa shape index (κ3) is 2.94. The predicted octanol–water partition coefficient (Wildman–Crippen LogP) is 2.19. The lowest BCUT2D eigenvalue weighted by molar-refractivity contribution is -0.145. The lowest BCUT2D eigenvalue weighted by Gasteiger charge is -2.35. The Bertz CT molecular complexity index is 1300. The Morgan fingerprint density at radius 1 is 1.06 bits per heavy atom. The molecule has 4 aliphatic rings. The third-order valence-corrected chi connectivity index (χ3v) is 7.17. The Hall–Kier alpha value is -3.85. The van der Waals surface area contributed by atoms with Gasteiger partial charge in [-0.25, -0.2) is 0 Å². The van der Waals surface area contributed by atoms with Crippen molar-refractivity contribution in [1.82, 2.24) is 4.90 Å². The SMILES string of the molecule is CN1C(=O)C2(C(=C(O)c3ccc4c(c3)OCCO4)C(=O)C(=O)N2CC2CCCO2)c2ccccc21. The van der Waals surface area contributed by atoms with E-state index in [-0.39, 0.29) is 23.8 Å². The van der Waals surface area contributed by atoms with Crippen molar-refractivity contribution >= 4 is 29.0 Å². The summed E-state index contributed by atoms with van der Waals surface area (Å²) in [5.74, 6) is -1.72. The van der Waals surface area contributed by atoms with Crippen molar-refractivity contribution < 1.29 is 33.7 Å². The molecule has 1 spiro atoms. The molecule has 2 unspecified atom stereocenters. The molecule has 6 rings (SSSR count). The van der Waals surface area contributed by atoms with Crippen LogP contribution in [0.1, 0.15) is 24.0 Å². The Morgan fingerprint density at radius 2 is 1.83 bits per heavy atom. The maximum atomic E-state index is 14.0. The van der Waals surface area contributed by atoms with E-state index in [9.17, 15) is 19.5 Å². The van der Waals surface area contributed by atoms with E-state index in [0.717, 1.165) is 6.42 Å². The molecule has 2 aromatic rings. The number of ether oxygens (including phenoxy) is 3. The van der Waals surface area contributed by atoms with E-state index in [0.29, 0.717) is 49.0 Å². The van der Waals surface area contributed by atoms with Gasteiger partial charge in [-0.3, -0.25) is 14.4 Å². The second kappa shape index (κ2) is 7.84. The van der Waals surface area contributed by atoms with E-state index in [1.807, 2.05) is 0 Å². The number of aliphatic hydroxyl groups is 1. The van der Waals surface area contributed by atoms with Crippen molar-refractivity contribution in [3.8, 4) is 11.5 Å². The van der Waals surface area contributed by atoms with E-state index < -0.39 is 28.9 Å². The van der Waals surface area contributed by atoms with E-state index >= 15 is 0 Å². The first-order chi connectivity index (χ1) is 16.9. The number of likely N-dealkylation sites (tertiary alicyclic amines) is 1. The minimum Gasteiger partial charge on any atom is -0.507 e. The molecule has 4 heterocycles. The highest BCUT2D eigenvalue weighted by molar-refractivity contribution is 6.50. The molecule has 180 valence electrons. The Balaban J connectivity index is 1.59. The number of amides is 2. The maximum Gasteiger partial charge on any atom is 0.296 e. The second-order valence-electron chi connectivity index (χ2n) is 9.05. The number of carbonyl (C=O) groups excluding carboxylic acids is 3. The summed E-state index contributed by atoms with van der Waals surface area (Å²) >= 11 is 0. The van der Waals surface area contributed by atoms with Gasteiger partial charge in [0, 0.05) is 37.0 Å². The van der Waals surface area contributed by atoms with Crippen molar-refractivity contribution in [1.29, 1.82) is 0 Å². The summed E-state index contributed by atoms with van der Waals surface area (Å²) in [5.41, 5.74) is -0.737. The molecule has 0 radical (unpaired) electrons. The van der Waals surface area contributed by atoms with Crippen LogP contribution in [-0.4, -0.2) is 67.1 Å². The first-order valence-corrected chi connectivity index (χ1v) is 11.6. The quantitative estimate of drug-likeness (QED) is 0.411. The zero-order valence-corrected chi connectivity index (χ0v) is 19.2. The highest BCUT2D eigenvalue weighted by Crippen LogP contribution is 2.53.